The van der Waals surface area contributed by atoms with Crippen molar-refractivity contribution in [2.75, 3.05) is 0 Å². The molecule has 1 heterocycles. The molecule has 1 N–H and O–H groups in total. The van der Waals surface area contributed by atoms with E-state index in [1.54, 1.807) is 12.1 Å². The second kappa shape index (κ2) is 9.30. The molecule has 27 heavy (non-hydrogen) atoms. The number of benzene rings is 2. The molecular weight excluding hydrogens is 430 g/mol. The molecule has 136 valence electrons. The van der Waals surface area contributed by atoms with E-state index in [1.165, 1.54) is 12.4 Å². The van der Waals surface area contributed by atoms with Gasteiger partial charge in [-0.1, -0.05) is 51.8 Å². The Kier molecular flexibility index (Phi) is 6.57. The van der Waals surface area contributed by atoms with Crippen molar-refractivity contribution in [2.45, 2.75) is 6.61 Å². The van der Waals surface area contributed by atoms with Gasteiger partial charge in [0.1, 0.15) is 17.5 Å². The Morgan fingerprint density at radius 3 is 2.70 bits per heavy atom. The van der Waals surface area contributed by atoms with E-state index >= 15 is 0 Å². The molecule has 0 atom stereocenters. The Balaban J connectivity index is 1.65. The van der Waals surface area contributed by atoms with Gasteiger partial charge < -0.3 is 4.74 Å². The SMILES string of the molecule is O=C(N/N=C/c1ccccc1OCc1ccc(Br)cc1)c1cccnc1Cl. The summed E-state index contributed by atoms with van der Waals surface area (Å²) in [6.45, 7) is 0.426. The van der Waals surface area contributed by atoms with Gasteiger partial charge in [-0.3, -0.25) is 4.79 Å². The number of hydrogen-bond acceptors (Lipinski definition) is 4. The van der Waals surface area contributed by atoms with Gasteiger partial charge in [0.25, 0.3) is 5.91 Å². The number of hydrogen-bond donors (Lipinski definition) is 1. The Morgan fingerprint density at radius 2 is 1.93 bits per heavy atom. The van der Waals surface area contributed by atoms with Crippen LogP contribution in [0.3, 0.4) is 0 Å². The van der Waals surface area contributed by atoms with Crippen molar-refractivity contribution < 1.29 is 9.53 Å². The summed E-state index contributed by atoms with van der Waals surface area (Å²) in [5.41, 5.74) is 4.49. The quantitative estimate of drug-likeness (QED) is 0.336. The van der Waals surface area contributed by atoms with Gasteiger partial charge >= 0.3 is 0 Å². The van der Waals surface area contributed by atoms with E-state index < -0.39 is 5.91 Å². The van der Waals surface area contributed by atoms with Crippen molar-refractivity contribution in [3.63, 3.8) is 0 Å². The maximum Gasteiger partial charge on any atom is 0.274 e. The van der Waals surface area contributed by atoms with Crippen LogP contribution in [-0.4, -0.2) is 17.1 Å². The largest absolute Gasteiger partial charge is 0.488 e. The summed E-state index contributed by atoms with van der Waals surface area (Å²) >= 11 is 9.31. The van der Waals surface area contributed by atoms with Crippen LogP contribution >= 0.6 is 27.5 Å². The predicted octanol–water partition coefficient (Wildman–Crippen LogP) is 4.84. The number of hydrazone groups is 1. The minimum atomic E-state index is -0.433. The fourth-order valence-corrected chi connectivity index (χ4v) is 2.71. The van der Waals surface area contributed by atoms with E-state index in [0.29, 0.717) is 12.4 Å². The Hall–Kier alpha value is -2.70. The van der Waals surface area contributed by atoms with Gasteiger partial charge in [0.05, 0.1) is 11.8 Å². The molecule has 7 heteroatoms. The van der Waals surface area contributed by atoms with Crippen molar-refractivity contribution in [1.82, 2.24) is 10.4 Å². The minimum absolute atomic E-state index is 0.128. The van der Waals surface area contributed by atoms with Crippen LogP contribution in [0, 0.1) is 0 Å². The summed E-state index contributed by atoms with van der Waals surface area (Å²) in [7, 11) is 0. The maximum absolute atomic E-state index is 12.1. The lowest BCUT2D eigenvalue weighted by molar-refractivity contribution is 0.0955. The van der Waals surface area contributed by atoms with Crippen LogP contribution in [0.25, 0.3) is 0 Å². The highest BCUT2D eigenvalue weighted by atomic mass is 79.9. The zero-order chi connectivity index (χ0) is 19.1. The second-order valence-corrected chi connectivity index (χ2v) is 6.77. The molecule has 0 aliphatic heterocycles. The van der Waals surface area contributed by atoms with Crippen LogP contribution in [0.5, 0.6) is 5.75 Å². The molecule has 1 amide bonds. The van der Waals surface area contributed by atoms with E-state index in [0.717, 1.165) is 15.6 Å². The van der Waals surface area contributed by atoms with Crippen LogP contribution in [0.1, 0.15) is 21.5 Å². The molecule has 0 saturated carbocycles. The number of nitrogens with zero attached hydrogens (tertiary/aromatic N) is 2. The van der Waals surface area contributed by atoms with Crippen LogP contribution in [0.2, 0.25) is 5.15 Å². The van der Waals surface area contributed by atoms with Gasteiger partial charge in [0, 0.05) is 16.2 Å². The molecule has 1 aromatic heterocycles. The number of halogens is 2. The van der Waals surface area contributed by atoms with Gasteiger partial charge in [0.2, 0.25) is 0 Å². The van der Waals surface area contributed by atoms with E-state index in [1.807, 2.05) is 48.5 Å². The number of amides is 1. The molecule has 0 saturated heterocycles. The van der Waals surface area contributed by atoms with Crippen LogP contribution < -0.4 is 10.2 Å². The fraction of sp³-hybridized carbons (Fsp3) is 0.0500. The monoisotopic (exact) mass is 443 g/mol. The van der Waals surface area contributed by atoms with Crippen LogP contribution in [-0.2, 0) is 6.61 Å². The van der Waals surface area contributed by atoms with E-state index in [4.69, 9.17) is 16.3 Å². The number of para-hydroxylation sites is 1. The first-order valence-corrected chi connectivity index (χ1v) is 9.21. The maximum atomic E-state index is 12.1. The number of aromatic nitrogens is 1. The fourth-order valence-electron chi connectivity index (χ4n) is 2.24. The molecule has 0 radical (unpaired) electrons. The van der Waals surface area contributed by atoms with Crippen molar-refractivity contribution in [1.29, 1.82) is 0 Å². The first-order valence-electron chi connectivity index (χ1n) is 8.03. The van der Waals surface area contributed by atoms with E-state index in [-0.39, 0.29) is 10.7 Å². The number of carbonyl (C=O) groups excluding carboxylic acids is 1. The van der Waals surface area contributed by atoms with Gasteiger partial charge in [-0.2, -0.15) is 5.10 Å². The highest BCUT2D eigenvalue weighted by Crippen LogP contribution is 2.18. The average Bonchev–Trinajstić information content (AvgIpc) is 2.68. The molecule has 3 aromatic rings. The molecule has 2 aromatic carbocycles. The summed E-state index contributed by atoms with van der Waals surface area (Å²) in [5.74, 6) is 0.232. The van der Waals surface area contributed by atoms with Crippen molar-refractivity contribution in [3.05, 3.63) is 93.2 Å². The van der Waals surface area contributed by atoms with Gasteiger partial charge in [-0.15, -0.1) is 0 Å². The van der Waals surface area contributed by atoms with E-state index in [2.05, 4.69) is 31.4 Å². The third-order valence-electron chi connectivity index (χ3n) is 3.60. The molecule has 0 spiro atoms. The number of nitrogens with one attached hydrogen (secondary N) is 1. The Bertz CT molecular complexity index is 961. The topological polar surface area (TPSA) is 63.6 Å². The van der Waals surface area contributed by atoms with Gasteiger partial charge in [-0.25, -0.2) is 10.4 Å². The summed E-state index contributed by atoms with van der Waals surface area (Å²) in [4.78, 5) is 16.0. The first kappa shape index (κ1) is 19.1. The van der Waals surface area contributed by atoms with Crippen molar-refractivity contribution in [3.8, 4) is 5.75 Å². The Morgan fingerprint density at radius 1 is 1.15 bits per heavy atom. The zero-order valence-corrected chi connectivity index (χ0v) is 16.4. The number of rotatable bonds is 6. The number of pyridine rings is 1. The Labute approximate surface area is 170 Å². The third-order valence-corrected chi connectivity index (χ3v) is 4.43. The van der Waals surface area contributed by atoms with Crippen molar-refractivity contribution in [2.24, 2.45) is 5.10 Å². The summed E-state index contributed by atoms with van der Waals surface area (Å²) in [6.07, 6.45) is 3.04. The zero-order valence-electron chi connectivity index (χ0n) is 14.1. The summed E-state index contributed by atoms with van der Waals surface area (Å²) < 4.78 is 6.89. The minimum Gasteiger partial charge on any atom is -0.488 e. The lowest BCUT2D eigenvalue weighted by atomic mass is 10.2. The summed E-state index contributed by atoms with van der Waals surface area (Å²) in [5, 5.41) is 4.12. The molecule has 0 fully saturated rings. The average molecular weight is 445 g/mol. The highest BCUT2D eigenvalue weighted by molar-refractivity contribution is 9.10. The normalized spacial score (nSPS) is 10.7. The third kappa shape index (κ3) is 5.39. The molecule has 0 aliphatic carbocycles. The smallest absolute Gasteiger partial charge is 0.274 e. The van der Waals surface area contributed by atoms with Crippen molar-refractivity contribution >= 4 is 39.7 Å². The van der Waals surface area contributed by atoms with Crippen LogP contribution in [0.15, 0.2) is 76.4 Å². The van der Waals surface area contributed by atoms with E-state index in [9.17, 15) is 4.79 Å². The first-order chi connectivity index (χ1) is 13.1. The second-order valence-electron chi connectivity index (χ2n) is 5.49. The standard InChI is InChI=1S/C20H15BrClN3O2/c21-16-9-7-14(8-10-16)13-27-18-6-2-1-4-15(18)12-24-25-20(26)17-5-3-11-23-19(17)22/h1-12H,13H2,(H,25,26)/b24-12+. The molecule has 0 unspecified atom stereocenters. The van der Waals surface area contributed by atoms with Crippen LogP contribution in [0.4, 0.5) is 0 Å². The molecule has 5 nitrogen and oxygen atoms in total. The molecule has 0 aliphatic rings. The summed E-state index contributed by atoms with van der Waals surface area (Å²) in [6, 6.07) is 18.6. The van der Waals surface area contributed by atoms with Gasteiger partial charge in [-0.05, 0) is 42.0 Å². The number of ether oxygens (including phenoxy) is 1. The lowest BCUT2D eigenvalue weighted by Crippen LogP contribution is -2.18. The lowest BCUT2D eigenvalue weighted by Gasteiger charge is -2.09. The number of carbonyl (C=O) groups is 1. The highest BCUT2D eigenvalue weighted by Gasteiger charge is 2.09. The predicted molar refractivity (Wildman–Crippen MR) is 109 cm³/mol. The molecular formula is C20H15BrClN3O2. The van der Waals surface area contributed by atoms with Gasteiger partial charge in [0.15, 0.2) is 0 Å². The molecule has 0 bridgehead atoms. The molecule has 3 rings (SSSR count).